The summed E-state index contributed by atoms with van der Waals surface area (Å²) >= 11 is 1.43. The number of carbonyl (C=O) groups excluding carboxylic acids is 4. The molecule has 3 fully saturated rings. The number of likely N-dealkylation sites (tertiary alicyclic amines) is 2. The summed E-state index contributed by atoms with van der Waals surface area (Å²) in [5, 5.41) is 22.7. The maximum atomic E-state index is 13.3. The Morgan fingerprint density at radius 1 is 1.20 bits per heavy atom. The number of likely N-dealkylation sites (N-methyl/N-ethyl adjacent to an activating group) is 1. The SMILES string of the molecule is CC(C)=O.C[C@@H](O)[C@H]1C(=O)N2C(C(=O)O)=C(S[C@H]3C[C@@H](C(=O)N4CC[C@H](NC(=O)CN=C(N)N)C4)N(C)C3)[C@H](C)[C@H]12. The van der Waals surface area contributed by atoms with E-state index in [-0.39, 0.29) is 71.0 Å². The highest BCUT2D eigenvalue weighted by Gasteiger charge is 2.60. The average Bonchev–Trinajstić information content (AvgIpc) is 3.53. The number of carboxylic acid groups (broad SMARTS) is 1. The molecule has 4 aliphatic heterocycles. The van der Waals surface area contributed by atoms with Crippen molar-refractivity contribution in [2.75, 3.05) is 33.2 Å². The number of thioether (sulfide) groups is 1. The summed E-state index contributed by atoms with van der Waals surface area (Å²) in [5.74, 6) is -2.65. The predicted octanol–water partition coefficient (Wildman–Crippen LogP) is -1.47. The lowest BCUT2D eigenvalue weighted by Crippen LogP contribution is -2.63. The van der Waals surface area contributed by atoms with Gasteiger partial charge in [-0.05, 0) is 40.7 Å². The van der Waals surface area contributed by atoms with Crippen LogP contribution >= 0.6 is 11.8 Å². The lowest BCUT2D eigenvalue weighted by Gasteiger charge is -2.46. The number of aliphatic carboxylic acids is 1. The number of nitrogens with two attached hydrogens (primary N) is 2. The first-order chi connectivity index (χ1) is 19.1. The molecule has 3 amide bonds. The number of Topliss-reactive ketones (excluding diaryl/α,β-unsaturated/α-hetero) is 1. The van der Waals surface area contributed by atoms with E-state index in [2.05, 4.69) is 10.3 Å². The highest BCUT2D eigenvalue weighted by atomic mass is 32.2. The van der Waals surface area contributed by atoms with E-state index in [1.54, 1.807) is 11.8 Å². The van der Waals surface area contributed by atoms with Crippen LogP contribution in [0.25, 0.3) is 0 Å². The van der Waals surface area contributed by atoms with Gasteiger partial charge >= 0.3 is 5.97 Å². The fourth-order valence-electron chi connectivity index (χ4n) is 5.91. The van der Waals surface area contributed by atoms with Crippen LogP contribution in [0.5, 0.6) is 0 Å². The number of fused-ring (bicyclic) bond motifs is 1. The molecule has 0 spiro atoms. The van der Waals surface area contributed by atoms with Crippen molar-refractivity contribution < 1.29 is 34.2 Å². The van der Waals surface area contributed by atoms with Crippen molar-refractivity contribution in [2.45, 2.75) is 70.0 Å². The third-order valence-electron chi connectivity index (χ3n) is 7.67. The molecular weight excluding hydrogens is 554 g/mol. The minimum Gasteiger partial charge on any atom is -0.477 e. The Hall–Kier alpha value is -3.17. The zero-order valence-corrected chi connectivity index (χ0v) is 24.9. The van der Waals surface area contributed by atoms with E-state index < -0.39 is 18.0 Å². The van der Waals surface area contributed by atoms with Gasteiger partial charge in [0.15, 0.2) is 5.96 Å². The first kappa shape index (κ1) is 32.3. The molecule has 0 unspecified atom stereocenters. The van der Waals surface area contributed by atoms with Gasteiger partial charge in [-0.1, -0.05) is 6.92 Å². The minimum absolute atomic E-state index is 0.000632. The second kappa shape index (κ2) is 13.2. The Morgan fingerprint density at radius 3 is 2.39 bits per heavy atom. The number of carboxylic acids is 1. The maximum Gasteiger partial charge on any atom is 0.353 e. The number of hydrogen-bond acceptors (Lipinski definition) is 9. The molecule has 0 radical (unpaired) electrons. The predicted molar refractivity (Wildman–Crippen MR) is 152 cm³/mol. The van der Waals surface area contributed by atoms with Crippen molar-refractivity contribution in [1.82, 2.24) is 20.0 Å². The molecule has 41 heavy (non-hydrogen) atoms. The number of nitrogens with one attached hydrogen (secondary N) is 1. The topological polar surface area (TPSA) is 212 Å². The number of aliphatic hydroxyl groups excluding tert-OH is 1. The van der Waals surface area contributed by atoms with Crippen LogP contribution < -0.4 is 16.8 Å². The van der Waals surface area contributed by atoms with Gasteiger partial charge in [-0.25, -0.2) is 9.79 Å². The van der Waals surface area contributed by atoms with Crippen molar-refractivity contribution in [3.63, 3.8) is 0 Å². The first-order valence-corrected chi connectivity index (χ1v) is 14.5. The van der Waals surface area contributed by atoms with Crippen LogP contribution in [0.3, 0.4) is 0 Å². The highest BCUT2D eigenvalue weighted by molar-refractivity contribution is 8.03. The molecule has 228 valence electrons. The van der Waals surface area contributed by atoms with Gasteiger partial charge in [0.1, 0.15) is 18.0 Å². The van der Waals surface area contributed by atoms with Crippen molar-refractivity contribution in [2.24, 2.45) is 28.3 Å². The lowest BCUT2D eigenvalue weighted by atomic mass is 9.79. The summed E-state index contributed by atoms with van der Waals surface area (Å²) in [6.45, 7) is 7.86. The number of amides is 3. The largest absolute Gasteiger partial charge is 0.477 e. The Morgan fingerprint density at radius 2 is 1.83 bits per heavy atom. The van der Waals surface area contributed by atoms with Gasteiger partial charge in [0.2, 0.25) is 17.7 Å². The van der Waals surface area contributed by atoms with Crippen LogP contribution in [0.15, 0.2) is 15.6 Å². The Bertz CT molecular complexity index is 1140. The fourth-order valence-corrected chi connectivity index (χ4v) is 7.51. The second-order valence-electron chi connectivity index (χ2n) is 11.2. The Kier molecular flexibility index (Phi) is 10.4. The van der Waals surface area contributed by atoms with E-state index >= 15 is 0 Å². The monoisotopic (exact) mass is 595 g/mol. The van der Waals surface area contributed by atoms with E-state index in [0.717, 1.165) is 0 Å². The zero-order chi connectivity index (χ0) is 30.8. The average molecular weight is 596 g/mol. The van der Waals surface area contributed by atoms with Crippen LogP contribution in [0.1, 0.15) is 40.5 Å². The van der Waals surface area contributed by atoms with Gasteiger partial charge in [0, 0.05) is 41.7 Å². The molecule has 0 bridgehead atoms. The fraction of sp³-hybridized carbons (Fsp3) is 0.692. The summed E-state index contributed by atoms with van der Waals surface area (Å²) < 4.78 is 0. The van der Waals surface area contributed by atoms with Gasteiger partial charge in [-0.15, -0.1) is 11.8 Å². The van der Waals surface area contributed by atoms with Crippen molar-refractivity contribution in [3.8, 4) is 0 Å². The van der Waals surface area contributed by atoms with Crippen LogP contribution in [-0.4, -0.2) is 123 Å². The van der Waals surface area contributed by atoms with E-state index in [1.807, 2.05) is 18.9 Å². The Balaban J connectivity index is 0.00000108. The van der Waals surface area contributed by atoms with Gasteiger partial charge < -0.3 is 41.6 Å². The van der Waals surface area contributed by atoms with Crippen molar-refractivity contribution in [1.29, 1.82) is 0 Å². The molecule has 7 atom stereocenters. The summed E-state index contributed by atoms with van der Waals surface area (Å²) in [4.78, 5) is 68.8. The summed E-state index contributed by atoms with van der Waals surface area (Å²) in [7, 11) is 1.87. The van der Waals surface area contributed by atoms with E-state index in [1.165, 1.54) is 30.5 Å². The van der Waals surface area contributed by atoms with Crippen LogP contribution in [0, 0.1) is 11.8 Å². The molecule has 3 saturated heterocycles. The number of aliphatic imine (C=N–C) groups is 1. The van der Waals surface area contributed by atoms with Gasteiger partial charge in [0.05, 0.1) is 24.1 Å². The first-order valence-electron chi connectivity index (χ1n) is 13.6. The lowest BCUT2D eigenvalue weighted by molar-refractivity contribution is -0.163. The van der Waals surface area contributed by atoms with Crippen molar-refractivity contribution >= 4 is 47.2 Å². The number of aliphatic hydroxyl groups is 1. The number of guanidine groups is 1. The third-order valence-corrected chi connectivity index (χ3v) is 9.16. The molecule has 7 N–H and O–H groups in total. The smallest absolute Gasteiger partial charge is 0.353 e. The normalized spacial score (nSPS) is 29.8. The number of nitrogens with zero attached hydrogens (tertiary/aromatic N) is 4. The van der Waals surface area contributed by atoms with Crippen molar-refractivity contribution in [3.05, 3.63) is 10.6 Å². The molecule has 0 aliphatic carbocycles. The zero-order valence-electron chi connectivity index (χ0n) is 24.1. The molecule has 0 aromatic heterocycles. The molecule has 0 aromatic carbocycles. The molecule has 14 nitrogen and oxygen atoms in total. The number of carbonyl (C=O) groups is 5. The van der Waals surface area contributed by atoms with Crippen LogP contribution in [-0.2, 0) is 24.0 Å². The second-order valence-corrected chi connectivity index (χ2v) is 12.5. The summed E-state index contributed by atoms with van der Waals surface area (Å²) in [6.07, 6.45) is 0.325. The molecule has 4 rings (SSSR count). The molecular formula is C26H41N7O7S. The van der Waals surface area contributed by atoms with Gasteiger partial charge in [-0.2, -0.15) is 0 Å². The van der Waals surface area contributed by atoms with Crippen LogP contribution in [0.2, 0.25) is 0 Å². The third kappa shape index (κ3) is 7.19. The highest BCUT2D eigenvalue weighted by Crippen LogP contribution is 2.52. The molecule has 0 saturated carbocycles. The molecule has 0 aromatic rings. The Labute approximate surface area is 243 Å². The maximum absolute atomic E-state index is 13.3. The molecule has 15 heteroatoms. The van der Waals surface area contributed by atoms with Gasteiger partial charge in [0.25, 0.3) is 0 Å². The van der Waals surface area contributed by atoms with Crippen LogP contribution in [0.4, 0.5) is 0 Å². The summed E-state index contributed by atoms with van der Waals surface area (Å²) in [6, 6.07) is -0.890. The van der Waals surface area contributed by atoms with E-state index in [0.29, 0.717) is 37.4 Å². The number of β-lactam (4-membered cyclic amide) rings is 1. The van der Waals surface area contributed by atoms with Gasteiger partial charge in [-0.3, -0.25) is 19.3 Å². The number of rotatable bonds is 8. The van der Waals surface area contributed by atoms with E-state index in [9.17, 15) is 34.2 Å². The minimum atomic E-state index is -1.15. The summed E-state index contributed by atoms with van der Waals surface area (Å²) in [5.41, 5.74) is 10.5. The molecule has 4 heterocycles. The molecule has 4 aliphatic rings. The standard InChI is InChI=1S/C23H35N7O6S.C3H6O/c1-10-17-16(11(2)31)21(34)30(17)18(22(35)36)19(10)37-13-6-14(28(3)9-13)20(33)29-5-4-12(8-29)27-15(32)7-26-23(24)25;1-3(2)4/h10-14,16-17,31H,4-9H2,1-3H3,(H,27,32)(H,35,36)(H4,24,25,26);1-2H3/t10-,11-,12+,13+,14+,16-,17-;/m1./s1. The quantitative estimate of drug-likeness (QED) is 0.124. The number of hydrogen-bond donors (Lipinski definition) is 5. The van der Waals surface area contributed by atoms with E-state index in [4.69, 9.17) is 11.5 Å². The number of ketones is 1.